The third-order valence-corrected chi connectivity index (χ3v) is 3.28. The summed E-state index contributed by atoms with van der Waals surface area (Å²) in [7, 11) is 0. The topological polar surface area (TPSA) is 38.7 Å². The predicted molar refractivity (Wildman–Crippen MR) is 54.1 cm³/mol. The lowest BCUT2D eigenvalue weighted by Gasteiger charge is -2.35. The Balaban J connectivity index is 1.96. The molecule has 3 nitrogen and oxygen atoms in total. The molecule has 2 bridgehead atoms. The number of ether oxygens (including phenoxy) is 2. The summed E-state index contributed by atoms with van der Waals surface area (Å²) < 4.78 is 37.0. The van der Waals surface area contributed by atoms with E-state index < -0.39 is 23.5 Å². The molecule has 3 rings (SSSR count). The van der Waals surface area contributed by atoms with Crippen LogP contribution in [0.5, 0.6) is 0 Å². The lowest BCUT2D eigenvalue weighted by atomic mass is 9.84. The van der Waals surface area contributed by atoms with Crippen LogP contribution in [0.4, 0.5) is 8.78 Å². The number of fused-ring (bicyclic) bond motifs is 2. The second-order valence-electron chi connectivity index (χ2n) is 4.62. The summed E-state index contributed by atoms with van der Waals surface area (Å²) in [5, 5.41) is 10.5. The van der Waals surface area contributed by atoms with E-state index in [0.717, 1.165) is 18.2 Å². The Labute approximate surface area is 97.0 Å². The van der Waals surface area contributed by atoms with Crippen LogP contribution in [0, 0.1) is 11.6 Å². The molecule has 1 aromatic rings. The molecule has 1 aromatic carbocycles. The molecule has 0 aromatic heterocycles. The van der Waals surface area contributed by atoms with Gasteiger partial charge in [-0.2, -0.15) is 0 Å². The Morgan fingerprint density at radius 2 is 1.88 bits per heavy atom. The summed E-state index contributed by atoms with van der Waals surface area (Å²) in [6, 6.07) is 3.11. The van der Waals surface area contributed by atoms with Gasteiger partial charge in [-0.25, -0.2) is 8.78 Å². The van der Waals surface area contributed by atoms with Crippen molar-refractivity contribution >= 4 is 0 Å². The highest BCUT2D eigenvalue weighted by atomic mass is 19.1. The van der Waals surface area contributed by atoms with Gasteiger partial charge >= 0.3 is 0 Å². The van der Waals surface area contributed by atoms with Crippen LogP contribution in [-0.4, -0.2) is 24.1 Å². The fourth-order valence-electron chi connectivity index (χ4n) is 2.52. The van der Waals surface area contributed by atoms with Crippen LogP contribution < -0.4 is 0 Å². The maximum atomic E-state index is 13.1. The first-order chi connectivity index (χ1) is 8.05. The van der Waals surface area contributed by atoms with Crippen molar-refractivity contribution in [2.24, 2.45) is 0 Å². The molecule has 3 atom stereocenters. The zero-order chi connectivity index (χ0) is 12.0. The molecule has 0 unspecified atom stereocenters. The van der Waals surface area contributed by atoms with Crippen LogP contribution in [-0.2, 0) is 15.1 Å². The van der Waals surface area contributed by atoms with Crippen molar-refractivity contribution in [2.75, 3.05) is 6.61 Å². The van der Waals surface area contributed by atoms with Gasteiger partial charge in [0.15, 0.2) is 6.29 Å². The van der Waals surface area contributed by atoms with Crippen molar-refractivity contribution in [3.05, 3.63) is 35.4 Å². The molecule has 1 N–H and O–H groups in total. The van der Waals surface area contributed by atoms with Crippen molar-refractivity contribution < 1.29 is 23.4 Å². The minimum absolute atomic E-state index is 0.201. The van der Waals surface area contributed by atoms with Gasteiger partial charge in [0.1, 0.15) is 11.6 Å². The zero-order valence-corrected chi connectivity index (χ0v) is 9.03. The van der Waals surface area contributed by atoms with Crippen molar-refractivity contribution in [3.8, 4) is 0 Å². The van der Waals surface area contributed by atoms with Crippen molar-refractivity contribution in [1.82, 2.24) is 0 Å². The average Bonchev–Trinajstić information content (AvgIpc) is 2.57. The van der Waals surface area contributed by atoms with Crippen LogP contribution in [0.1, 0.15) is 18.4 Å². The van der Waals surface area contributed by atoms with E-state index in [1.54, 1.807) is 0 Å². The molecule has 0 saturated carbocycles. The van der Waals surface area contributed by atoms with E-state index in [4.69, 9.17) is 9.47 Å². The van der Waals surface area contributed by atoms with E-state index in [0.29, 0.717) is 13.0 Å². The normalized spacial score (nSPS) is 36.2. The van der Waals surface area contributed by atoms with E-state index in [-0.39, 0.29) is 18.1 Å². The van der Waals surface area contributed by atoms with Crippen LogP contribution >= 0.6 is 0 Å². The van der Waals surface area contributed by atoms with Gasteiger partial charge in [0, 0.05) is 18.9 Å². The molecular formula is C12H12F2O3. The van der Waals surface area contributed by atoms with Crippen molar-refractivity contribution in [3.63, 3.8) is 0 Å². The second-order valence-corrected chi connectivity index (χ2v) is 4.62. The van der Waals surface area contributed by atoms with Crippen LogP contribution in [0.2, 0.25) is 0 Å². The van der Waals surface area contributed by atoms with Gasteiger partial charge in [0.05, 0.1) is 18.3 Å². The summed E-state index contributed by atoms with van der Waals surface area (Å²) in [6.45, 7) is 0.421. The molecule has 2 aliphatic heterocycles. The third kappa shape index (κ3) is 1.94. The van der Waals surface area contributed by atoms with Gasteiger partial charge in [0.2, 0.25) is 0 Å². The third-order valence-electron chi connectivity index (χ3n) is 3.28. The molecule has 0 aliphatic carbocycles. The summed E-state index contributed by atoms with van der Waals surface area (Å²) in [6.07, 6.45) is -0.186. The second kappa shape index (κ2) is 3.73. The van der Waals surface area contributed by atoms with Crippen molar-refractivity contribution in [1.29, 1.82) is 0 Å². The SMILES string of the molecule is O[C@@]1(c2cc(F)cc(F)c2)C[C@H]2CO[C@@H](C1)O2. The quantitative estimate of drug-likeness (QED) is 0.814. The standard InChI is InChI=1S/C12H12F2O3/c13-8-1-7(2-9(14)3-8)12(15)4-10-6-16-11(5-12)17-10/h1-3,10-11,15H,4-6H2/t10-,11+,12-/m0/s1. The monoisotopic (exact) mass is 242 g/mol. The van der Waals surface area contributed by atoms with Crippen LogP contribution in [0.25, 0.3) is 0 Å². The minimum atomic E-state index is -1.27. The molecule has 2 fully saturated rings. The van der Waals surface area contributed by atoms with Gasteiger partial charge in [-0.3, -0.25) is 0 Å². The fraction of sp³-hybridized carbons (Fsp3) is 0.500. The lowest BCUT2D eigenvalue weighted by Crippen LogP contribution is -2.39. The van der Waals surface area contributed by atoms with E-state index in [1.165, 1.54) is 0 Å². The molecule has 2 aliphatic rings. The Morgan fingerprint density at radius 1 is 1.18 bits per heavy atom. The maximum Gasteiger partial charge on any atom is 0.161 e. The first-order valence-corrected chi connectivity index (χ1v) is 5.51. The molecule has 0 spiro atoms. The molecule has 0 amide bonds. The highest BCUT2D eigenvalue weighted by Gasteiger charge is 2.45. The molecule has 2 saturated heterocycles. The van der Waals surface area contributed by atoms with E-state index in [1.807, 2.05) is 0 Å². The van der Waals surface area contributed by atoms with Crippen molar-refractivity contribution in [2.45, 2.75) is 30.8 Å². The average molecular weight is 242 g/mol. The molecular weight excluding hydrogens is 230 g/mol. The van der Waals surface area contributed by atoms with Gasteiger partial charge in [0.25, 0.3) is 0 Å². The number of rotatable bonds is 1. The molecule has 17 heavy (non-hydrogen) atoms. The van der Waals surface area contributed by atoms with E-state index >= 15 is 0 Å². The number of halogens is 2. The number of benzene rings is 1. The van der Waals surface area contributed by atoms with Gasteiger partial charge in [-0.15, -0.1) is 0 Å². The Morgan fingerprint density at radius 3 is 2.53 bits per heavy atom. The first-order valence-electron chi connectivity index (χ1n) is 5.51. The number of hydrogen-bond donors (Lipinski definition) is 1. The Bertz CT molecular complexity index is 417. The smallest absolute Gasteiger partial charge is 0.161 e. The van der Waals surface area contributed by atoms with E-state index in [9.17, 15) is 13.9 Å². The van der Waals surface area contributed by atoms with E-state index in [2.05, 4.69) is 0 Å². The highest BCUT2D eigenvalue weighted by Crippen LogP contribution is 2.41. The summed E-state index contributed by atoms with van der Waals surface area (Å²) in [5.41, 5.74) is -1.02. The summed E-state index contributed by atoms with van der Waals surface area (Å²) in [4.78, 5) is 0. The zero-order valence-electron chi connectivity index (χ0n) is 9.03. The Hall–Kier alpha value is -1.04. The largest absolute Gasteiger partial charge is 0.385 e. The van der Waals surface area contributed by atoms with Gasteiger partial charge in [-0.1, -0.05) is 0 Å². The van der Waals surface area contributed by atoms with Crippen LogP contribution in [0.3, 0.4) is 0 Å². The van der Waals surface area contributed by atoms with Crippen LogP contribution in [0.15, 0.2) is 18.2 Å². The molecule has 0 radical (unpaired) electrons. The first kappa shape index (κ1) is 11.1. The molecule has 92 valence electrons. The number of aliphatic hydroxyl groups is 1. The summed E-state index contributed by atoms with van der Waals surface area (Å²) >= 11 is 0. The predicted octanol–water partition coefficient (Wildman–Crippen LogP) is 1.69. The van der Waals surface area contributed by atoms with Gasteiger partial charge in [-0.05, 0) is 17.7 Å². The fourth-order valence-corrected chi connectivity index (χ4v) is 2.52. The van der Waals surface area contributed by atoms with Gasteiger partial charge < -0.3 is 14.6 Å². The Kier molecular flexibility index (Phi) is 2.43. The summed E-state index contributed by atoms with van der Waals surface area (Å²) in [5.74, 6) is -1.37. The lowest BCUT2D eigenvalue weighted by molar-refractivity contribution is -0.159. The molecule has 2 heterocycles. The number of hydrogen-bond acceptors (Lipinski definition) is 3. The highest BCUT2D eigenvalue weighted by molar-refractivity contribution is 5.25. The maximum absolute atomic E-state index is 13.1. The minimum Gasteiger partial charge on any atom is -0.385 e. The molecule has 5 heteroatoms.